The first-order valence-electron chi connectivity index (χ1n) is 14.8. The fourth-order valence-corrected chi connectivity index (χ4v) is 11.7. The van der Waals surface area contributed by atoms with Crippen LogP contribution < -0.4 is 25.8 Å². The molecule has 1 N–H and O–H groups in total. The fraction of sp³-hybridized carbons (Fsp3) is 0.405. The minimum absolute atomic E-state index is 0. The van der Waals surface area contributed by atoms with Crippen molar-refractivity contribution in [1.82, 2.24) is 0 Å². The van der Waals surface area contributed by atoms with Crippen LogP contribution >= 0.6 is 7.92 Å². The van der Waals surface area contributed by atoms with Gasteiger partial charge in [0, 0.05) is 29.5 Å². The minimum atomic E-state index is -1.65. The van der Waals surface area contributed by atoms with Crippen LogP contribution in [0, 0.1) is 27.7 Å². The molecule has 1 aliphatic rings. The van der Waals surface area contributed by atoms with Crippen LogP contribution in [-0.4, -0.2) is 20.3 Å². The molecule has 0 fully saturated rings. The third-order valence-corrected chi connectivity index (χ3v) is 13.2. The molecule has 1 aliphatic carbocycles. The Morgan fingerprint density at radius 3 is 2.05 bits per heavy atom. The normalized spacial score (nSPS) is 15.0. The van der Waals surface area contributed by atoms with E-state index >= 15 is 0 Å². The molecule has 3 aromatic rings. The molecule has 0 saturated heterocycles. The molecule has 0 amide bonds. The number of aromatic hydroxyl groups is 1. The second-order valence-electron chi connectivity index (χ2n) is 13.0. The molecule has 232 valence electrons. The van der Waals surface area contributed by atoms with Crippen molar-refractivity contribution in [3.8, 4) is 11.5 Å². The summed E-state index contributed by atoms with van der Waals surface area (Å²) in [4.78, 5) is 0. The van der Waals surface area contributed by atoms with Gasteiger partial charge in [-0.15, -0.1) is 0 Å². The van der Waals surface area contributed by atoms with Crippen LogP contribution in [0.1, 0.15) is 69.6 Å². The Labute approximate surface area is 270 Å². The quantitative estimate of drug-likeness (QED) is 0.130. The van der Waals surface area contributed by atoms with E-state index in [1.54, 1.807) is 7.11 Å². The van der Waals surface area contributed by atoms with Gasteiger partial charge in [0.15, 0.2) is 11.5 Å². The number of allylic oxidation sites excluding steroid dienone is 2. The van der Waals surface area contributed by atoms with Crippen molar-refractivity contribution in [1.29, 1.82) is 0 Å². The van der Waals surface area contributed by atoms with Crippen molar-refractivity contribution >= 4 is 37.1 Å². The minimum Gasteiger partial charge on any atom is -0.504 e. The van der Waals surface area contributed by atoms with E-state index in [-0.39, 0.29) is 29.3 Å². The number of phenols is 1. The average Bonchev–Trinajstić information content (AvgIpc) is 2.85. The zero-order chi connectivity index (χ0) is 29.5. The Morgan fingerprint density at radius 1 is 0.833 bits per heavy atom. The number of phenolic OH excluding ortho intramolecular Hbond substituents is 1. The van der Waals surface area contributed by atoms with Gasteiger partial charge in [0.25, 0.3) is 0 Å². The van der Waals surface area contributed by atoms with Gasteiger partial charge in [-0.3, -0.25) is 0 Å². The molecule has 0 bridgehead atoms. The van der Waals surface area contributed by atoms with Gasteiger partial charge in [-0.05, 0) is 54.1 Å². The van der Waals surface area contributed by atoms with Gasteiger partial charge in [-0.1, -0.05) is 108 Å². The van der Waals surface area contributed by atoms with E-state index in [0.717, 1.165) is 16.6 Å². The maximum Gasteiger partial charge on any atom is 0.162 e. The van der Waals surface area contributed by atoms with Crippen molar-refractivity contribution in [3.63, 3.8) is 0 Å². The first kappa shape index (κ1) is 38.0. The predicted octanol–water partition coefficient (Wildman–Crippen LogP) is 8.51. The molecule has 3 aromatic carbocycles. The summed E-state index contributed by atoms with van der Waals surface area (Å²) in [5.74, 6) is 1.34. The number of rotatable bonds is 5. The van der Waals surface area contributed by atoms with Gasteiger partial charge in [0.1, 0.15) is 23.8 Å². The number of benzene rings is 3. The summed E-state index contributed by atoms with van der Waals surface area (Å²) in [6.45, 7) is 18.1. The van der Waals surface area contributed by atoms with E-state index < -0.39 is 16.0 Å². The van der Waals surface area contributed by atoms with E-state index in [4.69, 9.17) is 4.74 Å². The van der Waals surface area contributed by atoms with Crippen LogP contribution in [0.4, 0.5) is 0 Å². The van der Waals surface area contributed by atoms with E-state index in [0.29, 0.717) is 5.75 Å². The number of hydrogen-bond acceptors (Lipinski definition) is 2. The summed E-state index contributed by atoms with van der Waals surface area (Å²) >= 11 is 0. The summed E-state index contributed by atoms with van der Waals surface area (Å²) in [5, 5.41) is 16.8. The number of methoxy groups -OCH3 is 1. The summed E-state index contributed by atoms with van der Waals surface area (Å²) in [7, 11) is -1.44. The Bertz CT molecular complexity index is 1290. The van der Waals surface area contributed by atoms with E-state index in [2.05, 4.69) is 127 Å². The van der Waals surface area contributed by atoms with Gasteiger partial charge in [-0.25, -0.2) is 0 Å². The maximum atomic E-state index is 11.7. The topological polar surface area (TPSA) is 29.5 Å². The van der Waals surface area contributed by atoms with Gasteiger partial charge < -0.3 is 16.3 Å². The number of para-hydroxylation sites is 1. The molecular formula is C37H54NiO2PSi+. The van der Waals surface area contributed by atoms with Crippen molar-refractivity contribution in [3.05, 3.63) is 97.3 Å². The molecular weight excluding hydrogens is 594 g/mol. The second-order valence-corrected chi connectivity index (χ2v) is 20.3. The molecule has 4 rings (SSSR count). The van der Waals surface area contributed by atoms with Crippen LogP contribution in [0.5, 0.6) is 11.5 Å². The molecule has 0 heterocycles. The molecule has 0 saturated carbocycles. The van der Waals surface area contributed by atoms with Gasteiger partial charge in [0.2, 0.25) is 0 Å². The maximum absolute atomic E-state index is 11.7. The Kier molecular flexibility index (Phi) is 15.2. The summed E-state index contributed by atoms with van der Waals surface area (Å²) in [6.07, 6.45) is 13.5. The first-order chi connectivity index (χ1) is 18.9. The predicted molar refractivity (Wildman–Crippen MR) is 189 cm³/mol. The van der Waals surface area contributed by atoms with Crippen LogP contribution in [0.15, 0.2) is 66.7 Å². The van der Waals surface area contributed by atoms with Crippen LogP contribution in [0.25, 0.3) is 0 Å². The Morgan fingerprint density at radius 2 is 1.43 bits per heavy atom. The third-order valence-electron chi connectivity index (χ3n) is 7.63. The molecule has 2 nitrogen and oxygen atoms in total. The van der Waals surface area contributed by atoms with Gasteiger partial charge in [0.05, 0.1) is 15.2 Å². The van der Waals surface area contributed by atoms with Crippen molar-refractivity contribution in [2.45, 2.75) is 91.8 Å². The molecule has 0 aromatic heterocycles. The molecule has 0 spiro atoms. The first-order valence-corrected chi connectivity index (χ1v) is 19.8. The third kappa shape index (κ3) is 9.51. The Balaban J connectivity index is 0.000000763. The van der Waals surface area contributed by atoms with E-state index in [1.165, 1.54) is 59.0 Å². The van der Waals surface area contributed by atoms with Gasteiger partial charge >= 0.3 is 0 Å². The van der Waals surface area contributed by atoms with Gasteiger partial charge in [-0.2, -0.15) is 12.8 Å². The zero-order valence-corrected chi connectivity index (χ0v) is 30.6. The summed E-state index contributed by atoms with van der Waals surface area (Å²) in [6, 6.07) is 19.3. The van der Waals surface area contributed by atoms with Crippen molar-refractivity contribution in [2.24, 2.45) is 0 Å². The molecule has 0 radical (unpaired) electrons. The Hall–Kier alpha value is -1.99. The van der Waals surface area contributed by atoms with Crippen molar-refractivity contribution in [2.75, 3.05) is 7.11 Å². The smallest absolute Gasteiger partial charge is 0.162 e. The monoisotopic (exact) mass is 647 g/mol. The average molecular weight is 649 g/mol. The standard InChI is InChI=1S/C28H37O2PSi.C8H13.CH3.Ni/c1-19-13-10-16-22(30-6)26(19)31(23-17-12-15-21(25(23)29)28(3,4)5)27-20(2)14-11-18-24(27)32(7,8)9;1-2-4-6-8-7-5-3-1;;/h10-18,29H,1-9H3;1-2,7H,3-6,8H2;1H3;/q;-1;+1;/p+1/b;2-1-;;. The molecule has 1 atom stereocenters. The van der Waals surface area contributed by atoms with Crippen molar-refractivity contribution < 1.29 is 26.3 Å². The second kappa shape index (κ2) is 16.7. The number of hydrogen-bond donors (Lipinski definition) is 1. The SMILES string of the molecule is C1=C\CCC[CH-]CC/1.COc1cccc(C)c1[PH+](c1cccc(C(C)(C)C)c1O)c1c(C)cccc1[Si](C)(C)C.[CH3+].[Ni]. The molecule has 1 unspecified atom stereocenters. The van der Waals surface area contributed by atoms with E-state index in [9.17, 15) is 5.11 Å². The molecule has 42 heavy (non-hydrogen) atoms. The molecule has 5 heteroatoms. The molecule has 0 aliphatic heterocycles. The number of aryl methyl sites for hydroxylation is 2. The zero-order valence-electron chi connectivity index (χ0n) is 27.6. The summed E-state index contributed by atoms with van der Waals surface area (Å²) < 4.78 is 5.91. The van der Waals surface area contributed by atoms with Crippen LogP contribution in [0.3, 0.4) is 0 Å². The largest absolute Gasteiger partial charge is 0.504 e. The van der Waals surface area contributed by atoms with Crippen LogP contribution in [0.2, 0.25) is 19.6 Å². The number of ether oxygens (including phenoxy) is 1. The van der Waals surface area contributed by atoms with E-state index in [1.807, 2.05) is 0 Å². The summed E-state index contributed by atoms with van der Waals surface area (Å²) in [5.41, 5.74) is 3.36. The fourth-order valence-electron chi connectivity index (χ4n) is 5.47. The van der Waals surface area contributed by atoms with Crippen LogP contribution in [-0.2, 0) is 21.9 Å².